The van der Waals surface area contributed by atoms with Gasteiger partial charge in [0.2, 0.25) is 0 Å². The molecule has 0 spiro atoms. The van der Waals surface area contributed by atoms with Crippen LogP contribution in [0.25, 0.3) is 11.2 Å². The third-order valence-corrected chi connectivity index (χ3v) is 5.08. The molecule has 0 saturated carbocycles. The Morgan fingerprint density at radius 1 is 1.04 bits per heavy atom. The molecule has 1 saturated heterocycles. The minimum atomic E-state index is 0.436. The van der Waals surface area contributed by atoms with E-state index in [1.807, 2.05) is 18.2 Å². The Kier molecular flexibility index (Phi) is 4.90. The van der Waals surface area contributed by atoms with Crippen LogP contribution in [0.2, 0.25) is 5.02 Å². The van der Waals surface area contributed by atoms with Crippen LogP contribution in [0.15, 0.2) is 36.9 Å². The van der Waals surface area contributed by atoms with E-state index in [2.05, 4.69) is 35.4 Å². The highest BCUT2D eigenvalue weighted by molar-refractivity contribution is 6.30. The summed E-state index contributed by atoms with van der Waals surface area (Å²) in [6, 6.07) is 8.09. The first-order valence-corrected chi connectivity index (χ1v) is 9.23. The van der Waals surface area contributed by atoms with Crippen LogP contribution in [-0.4, -0.2) is 57.1 Å². The summed E-state index contributed by atoms with van der Waals surface area (Å²) in [4.78, 5) is 17.5. The van der Waals surface area contributed by atoms with E-state index in [4.69, 9.17) is 17.3 Å². The number of piperazine rings is 1. The summed E-state index contributed by atoms with van der Waals surface area (Å²) in [6.45, 7) is 6.11. The molecule has 1 aromatic carbocycles. The maximum absolute atomic E-state index is 6.10. The Labute approximate surface area is 157 Å². The number of fused-ring (bicyclic) bond motifs is 1. The van der Waals surface area contributed by atoms with Crippen LogP contribution in [0, 0.1) is 0 Å². The van der Waals surface area contributed by atoms with Crippen LogP contribution < -0.4 is 10.6 Å². The SMILES string of the molecule is Nc1ncnc2c1ncn2CCCN1CCN(c2cccc(Cl)c2)CC1. The minimum Gasteiger partial charge on any atom is -0.382 e. The lowest BCUT2D eigenvalue weighted by molar-refractivity contribution is 0.251. The van der Waals surface area contributed by atoms with Crippen molar-refractivity contribution >= 4 is 34.3 Å². The van der Waals surface area contributed by atoms with E-state index in [-0.39, 0.29) is 0 Å². The maximum atomic E-state index is 6.10. The Bertz CT molecular complexity index is 886. The molecule has 0 bridgehead atoms. The Morgan fingerprint density at radius 3 is 2.69 bits per heavy atom. The molecule has 0 amide bonds. The zero-order chi connectivity index (χ0) is 17.9. The number of imidazole rings is 1. The minimum absolute atomic E-state index is 0.436. The molecule has 1 fully saturated rings. The first-order chi connectivity index (χ1) is 12.7. The summed E-state index contributed by atoms with van der Waals surface area (Å²) in [7, 11) is 0. The number of aromatic nitrogens is 4. The van der Waals surface area contributed by atoms with Gasteiger partial charge in [0.05, 0.1) is 6.33 Å². The summed E-state index contributed by atoms with van der Waals surface area (Å²) < 4.78 is 2.05. The molecular weight excluding hydrogens is 350 g/mol. The quantitative estimate of drug-likeness (QED) is 0.741. The summed E-state index contributed by atoms with van der Waals surface area (Å²) in [5.74, 6) is 0.436. The molecule has 26 heavy (non-hydrogen) atoms. The lowest BCUT2D eigenvalue weighted by Gasteiger charge is -2.36. The highest BCUT2D eigenvalue weighted by Crippen LogP contribution is 2.21. The van der Waals surface area contributed by atoms with Crippen molar-refractivity contribution < 1.29 is 0 Å². The van der Waals surface area contributed by atoms with Gasteiger partial charge in [-0.1, -0.05) is 17.7 Å². The number of anilines is 2. The van der Waals surface area contributed by atoms with Gasteiger partial charge in [-0.15, -0.1) is 0 Å². The lowest BCUT2D eigenvalue weighted by Crippen LogP contribution is -2.46. The predicted molar refractivity (Wildman–Crippen MR) is 104 cm³/mol. The largest absolute Gasteiger partial charge is 0.382 e. The second kappa shape index (κ2) is 7.47. The van der Waals surface area contributed by atoms with Gasteiger partial charge in [0.15, 0.2) is 11.5 Å². The average Bonchev–Trinajstić information content (AvgIpc) is 3.07. The van der Waals surface area contributed by atoms with E-state index < -0.39 is 0 Å². The van der Waals surface area contributed by atoms with E-state index in [1.165, 1.54) is 12.0 Å². The van der Waals surface area contributed by atoms with Gasteiger partial charge in [-0.3, -0.25) is 4.90 Å². The van der Waals surface area contributed by atoms with Crippen molar-refractivity contribution in [1.82, 2.24) is 24.4 Å². The summed E-state index contributed by atoms with van der Waals surface area (Å²) >= 11 is 6.10. The van der Waals surface area contributed by atoms with Gasteiger partial charge in [-0.2, -0.15) is 0 Å². The number of hydrogen-bond donors (Lipinski definition) is 1. The standard InChI is InChI=1S/C18H22ClN7/c19-14-3-1-4-15(11-14)25-9-7-24(8-10-25)5-2-6-26-13-23-16-17(20)21-12-22-18(16)26/h1,3-4,11-13H,2,5-10H2,(H2,20,21,22). The highest BCUT2D eigenvalue weighted by Gasteiger charge is 2.17. The zero-order valence-corrected chi connectivity index (χ0v) is 15.3. The number of nitrogens with two attached hydrogens (primary N) is 1. The Morgan fingerprint density at radius 2 is 1.88 bits per heavy atom. The van der Waals surface area contributed by atoms with Crippen LogP contribution in [0.4, 0.5) is 11.5 Å². The molecular formula is C18H22ClN7. The molecule has 1 aliphatic rings. The first-order valence-electron chi connectivity index (χ1n) is 8.85. The van der Waals surface area contributed by atoms with E-state index >= 15 is 0 Å². The number of aryl methyl sites for hydroxylation is 1. The number of hydrogen-bond acceptors (Lipinski definition) is 6. The molecule has 8 heteroatoms. The second-order valence-corrected chi connectivity index (χ2v) is 6.97. The molecule has 0 atom stereocenters. The smallest absolute Gasteiger partial charge is 0.165 e. The number of benzene rings is 1. The van der Waals surface area contributed by atoms with Crippen molar-refractivity contribution in [1.29, 1.82) is 0 Å². The van der Waals surface area contributed by atoms with Gasteiger partial charge in [0.1, 0.15) is 11.8 Å². The van der Waals surface area contributed by atoms with Crippen LogP contribution in [0.3, 0.4) is 0 Å². The average molecular weight is 372 g/mol. The monoisotopic (exact) mass is 371 g/mol. The molecule has 4 rings (SSSR count). The van der Waals surface area contributed by atoms with Crippen molar-refractivity contribution in [3.8, 4) is 0 Å². The van der Waals surface area contributed by atoms with E-state index in [0.717, 1.165) is 56.4 Å². The van der Waals surface area contributed by atoms with Gasteiger partial charge < -0.3 is 15.2 Å². The summed E-state index contributed by atoms with van der Waals surface area (Å²) in [6.07, 6.45) is 4.34. The number of nitrogens with zero attached hydrogens (tertiary/aromatic N) is 6. The Balaban J connectivity index is 1.28. The van der Waals surface area contributed by atoms with Crippen molar-refractivity contribution in [3.63, 3.8) is 0 Å². The third kappa shape index (κ3) is 3.59. The van der Waals surface area contributed by atoms with Crippen molar-refractivity contribution in [2.75, 3.05) is 43.4 Å². The van der Waals surface area contributed by atoms with Gasteiger partial charge in [-0.05, 0) is 31.2 Å². The predicted octanol–water partition coefficient (Wildman–Crippen LogP) is 2.27. The molecule has 2 N–H and O–H groups in total. The maximum Gasteiger partial charge on any atom is 0.165 e. The fourth-order valence-corrected chi connectivity index (χ4v) is 3.61. The molecule has 1 aliphatic heterocycles. The van der Waals surface area contributed by atoms with E-state index in [1.54, 1.807) is 6.33 Å². The molecule has 0 radical (unpaired) electrons. The molecule has 7 nitrogen and oxygen atoms in total. The fourth-order valence-electron chi connectivity index (χ4n) is 3.43. The summed E-state index contributed by atoms with van der Waals surface area (Å²) in [5, 5.41) is 0.793. The summed E-state index contributed by atoms with van der Waals surface area (Å²) in [5.41, 5.74) is 8.54. The van der Waals surface area contributed by atoms with Gasteiger partial charge >= 0.3 is 0 Å². The molecule has 3 heterocycles. The number of nitrogen functional groups attached to an aromatic ring is 1. The van der Waals surface area contributed by atoms with Crippen molar-refractivity contribution in [3.05, 3.63) is 41.9 Å². The fraction of sp³-hybridized carbons (Fsp3) is 0.389. The molecule has 3 aromatic rings. The first kappa shape index (κ1) is 17.1. The third-order valence-electron chi connectivity index (χ3n) is 4.85. The highest BCUT2D eigenvalue weighted by atomic mass is 35.5. The molecule has 136 valence electrons. The van der Waals surface area contributed by atoms with E-state index in [0.29, 0.717) is 11.3 Å². The molecule has 2 aromatic heterocycles. The normalized spacial score (nSPS) is 15.7. The zero-order valence-electron chi connectivity index (χ0n) is 14.6. The lowest BCUT2D eigenvalue weighted by atomic mass is 10.2. The van der Waals surface area contributed by atoms with Gasteiger partial charge in [-0.25, -0.2) is 15.0 Å². The van der Waals surface area contributed by atoms with E-state index in [9.17, 15) is 0 Å². The van der Waals surface area contributed by atoms with Crippen LogP contribution in [0.5, 0.6) is 0 Å². The molecule has 0 unspecified atom stereocenters. The Hall–Kier alpha value is -2.38. The topological polar surface area (TPSA) is 76.1 Å². The van der Waals surface area contributed by atoms with Crippen LogP contribution in [-0.2, 0) is 6.54 Å². The van der Waals surface area contributed by atoms with Crippen molar-refractivity contribution in [2.45, 2.75) is 13.0 Å². The van der Waals surface area contributed by atoms with Gasteiger partial charge in [0, 0.05) is 43.4 Å². The number of rotatable bonds is 5. The van der Waals surface area contributed by atoms with Gasteiger partial charge in [0.25, 0.3) is 0 Å². The second-order valence-electron chi connectivity index (χ2n) is 6.53. The van der Waals surface area contributed by atoms with Crippen molar-refractivity contribution in [2.24, 2.45) is 0 Å². The van der Waals surface area contributed by atoms with Crippen LogP contribution >= 0.6 is 11.6 Å². The molecule has 0 aliphatic carbocycles. The van der Waals surface area contributed by atoms with Crippen LogP contribution in [0.1, 0.15) is 6.42 Å². The number of halogens is 1.